The Labute approximate surface area is 166 Å². The van der Waals surface area contributed by atoms with Crippen molar-refractivity contribution in [3.05, 3.63) is 71.3 Å². The average molecular weight is 378 g/mol. The summed E-state index contributed by atoms with van der Waals surface area (Å²) in [6.07, 6.45) is 0.726. The zero-order chi connectivity index (χ0) is 19.9. The van der Waals surface area contributed by atoms with E-state index >= 15 is 0 Å². The maximum absolute atomic E-state index is 12.1. The Morgan fingerprint density at radius 1 is 1.21 bits per heavy atom. The number of benzene rings is 2. The molecule has 5 nitrogen and oxygen atoms in total. The molecular weight excluding hydrogens is 352 g/mol. The van der Waals surface area contributed by atoms with Gasteiger partial charge in [-0.05, 0) is 35.6 Å². The lowest BCUT2D eigenvalue weighted by Crippen LogP contribution is -2.23. The maximum atomic E-state index is 12.1. The summed E-state index contributed by atoms with van der Waals surface area (Å²) < 4.78 is 5.32. The van der Waals surface area contributed by atoms with E-state index < -0.39 is 0 Å². The number of hydrogen-bond donors (Lipinski definition) is 0. The number of nitriles is 1. The van der Waals surface area contributed by atoms with Crippen molar-refractivity contribution in [1.29, 1.82) is 5.26 Å². The van der Waals surface area contributed by atoms with Gasteiger partial charge in [0, 0.05) is 6.54 Å². The molecule has 3 rings (SSSR count). The minimum Gasteiger partial charge on any atom is -0.465 e. The van der Waals surface area contributed by atoms with Crippen LogP contribution in [-0.4, -0.2) is 23.7 Å². The molecule has 0 saturated carbocycles. The van der Waals surface area contributed by atoms with Crippen molar-refractivity contribution in [2.45, 2.75) is 45.4 Å². The minimum absolute atomic E-state index is 0.0239. The molecule has 1 saturated heterocycles. The molecule has 0 radical (unpaired) electrons. The van der Waals surface area contributed by atoms with Gasteiger partial charge in [-0.1, -0.05) is 56.3 Å². The summed E-state index contributed by atoms with van der Waals surface area (Å²) in [7, 11) is 0. The number of hydroxylamine groups is 2. The van der Waals surface area contributed by atoms with Crippen LogP contribution in [0.4, 0.5) is 0 Å². The van der Waals surface area contributed by atoms with Gasteiger partial charge in [0.15, 0.2) is 0 Å². The summed E-state index contributed by atoms with van der Waals surface area (Å²) in [5, 5.41) is 11.0. The molecule has 1 fully saturated rings. The van der Waals surface area contributed by atoms with E-state index in [4.69, 9.17) is 14.8 Å². The number of rotatable bonds is 7. The molecule has 1 aliphatic heterocycles. The summed E-state index contributed by atoms with van der Waals surface area (Å²) in [4.78, 5) is 18.3. The molecule has 1 heterocycles. The second-order valence-corrected chi connectivity index (χ2v) is 7.55. The van der Waals surface area contributed by atoms with E-state index in [0.29, 0.717) is 31.1 Å². The van der Waals surface area contributed by atoms with Crippen LogP contribution in [0.5, 0.6) is 0 Å². The predicted octanol–water partition coefficient (Wildman–Crippen LogP) is 4.39. The van der Waals surface area contributed by atoms with Gasteiger partial charge in [0.1, 0.15) is 0 Å². The molecule has 0 spiro atoms. The molecule has 0 unspecified atom stereocenters. The second-order valence-electron chi connectivity index (χ2n) is 7.55. The second kappa shape index (κ2) is 9.50. The molecular formula is C23H26N2O3. The summed E-state index contributed by atoms with van der Waals surface area (Å²) in [6.45, 7) is 5.09. The molecule has 2 aromatic carbocycles. The van der Waals surface area contributed by atoms with Crippen LogP contribution < -0.4 is 0 Å². The molecule has 28 heavy (non-hydrogen) atoms. The van der Waals surface area contributed by atoms with Crippen LogP contribution in [0.25, 0.3) is 0 Å². The third-order valence-electron chi connectivity index (χ3n) is 4.70. The number of carbonyl (C=O) groups is 1. The van der Waals surface area contributed by atoms with Crippen LogP contribution in [-0.2, 0) is 20.9 Å². The van der Waals surface area contributed by atoms with Crippen LogP contribution in [0.2, 0.25) is 0 Å². The molecule has 2 aromatic rings. The smallest absolute Gasteiger partial charge is 0.308 e. The predicted molar refractivity (Wildman–Crippen MR) is 106 cm³/mol. The Kier molecular flexibility index (Phi) is 6.80. The van der Waals surface area contributed by atoms with Crippen molar-refractivity contribution < 1.29 is 14.4 Å². The lowest BCUT2D eigenvalue weighted by molar-refractivity contribution is -0.179. The maximum Gasteiger partial charge on any atom is 0.308 e. The van der Waals surface area contributed by atoms with E-state index in [-0.39, 0.29) is 24.5 Å². The number of nitrogens with zero attached hydrogens (tertiary/aromatic N) is 2. The lowest BCUT2D eigenvalue weighted by Gasteiger charge is -2.23. The van der Waals surface area contributed by atoms with E-state index in [1.807, 2.05) is 61.4 Å². The Balaban J connectivity index is 1.72. The molecule has 0 bridgehead atoms. The van der Waals surface area contributed by atoms with Crippen LogP contribution >= 0.6 is 0 Å². The molecule has 2 atom stereocenters. The fourth-order valence-corrected chi connectivity index (χ4v) is 3.29. The van der Waals surface area contributed by atoms with Gasteiger partial charge in [0.2, 0.25) is 0 Å². The average Bonchev–Trinajstić information content (AvgIpc) is 3.09. The Morgan fingerprint density at radius 3 is 2.57 bits per heavy atom. The normalized spacial score (nSPS) is 19.5. The third-order valence-corrected chi connectivity index (χ3v) is 4.70. The van der Waals surface area contributed by atoms with Gasteiger partial charge >= 0.3 is 5.97 Å². The molecule has 0 N–H and O–H groups in total. The van der Waals surface area contributed by atoms with Crippen LogP contribution in [0.1, 0.15) is 49.4 Å². The summed E-state index contributed by atoms with van der Waals surface area (Å²) in [5.74, 6) is 0.0910. The first-order valence-corrected chi connectivity index (χ1v) is 9.68. The SMILES string of the molecule is CC(C)COC(=O)C[C@H]1C[C@@H](c2ccc(C#N)cc2)N(Cc2ccccc2)O1. The topological polar surface area (TPSA) is 62.6 Å². The van der Waals surface area contributed by atoms with Gasteiger partial charge in [-0.15, -0.1) is 0 Å². The first-order chi connectivity index (χ1) is 13.5. The molecule has 0 amide bonds. The highest BCUT2D eigenvalue weighted by atomic mass is 16.7. The summed E-state index contributed by atoms with van der Waals surface area (Å²) in [6, 6.07) is 19.8. The first kappa shape index (κ1) is 20.1. The van der Waals surface area contributed by atoms with Crippen molar-refractivity contribution in [2.24, 2.45) is 5.92 Å². The van der Waals surface area contributed by atoms with Crippen LogP contribution in [0, 0.1) is 17.2 Å². The molecule has 0 aromatic heterocycles. The van der Waals surface area contributed by atoms with Crippen molar-refractivity contribution in [3.8, 4) is 6.07 Å². The molecule has 1 aliphatic rings. The van der Waals surface area contributed by atoms with Gasteiger partial charge in [0.25, 0.3) is 0 Å². The van der Waals surface area contributed by atoms with E-state index in [1.165, 1.54) is 0 Å². The summed E-state index contributed by atoms with van der Waals surface area (Å²) in [5.41, 5.74) is 2.85. The Hall–Kier alpha value is -2.68. The highest BCUT2D eigenvalue weighted by Gasteiger charge is 2.36. The highest BCUT2D eigenvalue weighted by Crippen LogP contribution is 2.36. The minimum atomic E-state index is -0.223. The van der Waals surface area contributed by atoms with Gasteiger partial charge in [-0.25, -0.2) is 0 Å². The van der Waals surface area contributed by atoms with E-state index in [0.717, 1.165) is 11.1 Å². The zero-order valence-corrected chi connectivity index (χ0v) is 16.4. The fraction of sp³-hybridized carbons (Fsp3) is 0.391. The van der Waals surface area contributed by atoms with Gasteiger partial charge < -0.3 is 4.74 Å². The number of ether oxygens (including phenoxy) is 1. The first-order valence-electron chi connectivity index (χ1n) is 9.68. The standard InChI is InChI=1S/C23H26N2O3/c1-17(2)16-27-23(26)13-21-12-22(20-10-8-18(14-24)9-11-20)25(28-21)15-19-6-4-3-5-7-19/h3-11,17,21-22H,12-13,15-16H2,1-2H3/t21-,22+/m1/s1. The summed E-state index contributed by atoms with van der Waals surface area (Å²) >= 11 is 0. The monoisotopic (exact) mass is 378 g/mol. The number of esters is 1. The van der Waals surface area contributed by atoms with E-state index in [2.05, 4.69) is 18.2 Å². The van der Waals surface area contributed by atoms with Gasteiger partial charge in [-0.2, -0.15) is 10.3 Å². The third kappa shape index (κ3) is 5.41. The Bertz CT molecular complexity index is 812. The van der Waals surface area contributed by atoms with Gasteiger partial charge in [-0.3, -0.25) is 9.63 Å². The van der Waals surface area contributed by atoms with Crippen molar-refractivity contribution in [2.75, 3.05) is 6.61 Å². The van der Waals surface area contributed by atoms with Crippen LogP contribution in [0.15, 0.2) is 54.6 Å². The molecule has 5 heteroatoms. The quantitative estimate of drug-likeness (QED) is 0.669. The number of carbonyl (C=O) groups excluding carboxylic acids is 1. The van der Waals surface area contributed by atoms with Crippen molar-refractivity contribution >= 4 is 5.97 Å². The molecule has 0 aliphatic carbocycles. The fourth-order valence-electron chi connectivity index (χ4n) is 3.29. The van der Waals surface area contributed by atoms with Gasteiger partial charge in [0.05, 0.1) is 36.8 Å². The van der Waals surface area contributed by atoms with Crippen LogP contribution in [0.3, 0.4) is 0 Å². The zero-order valence-electron chi connectivity index (χ0n) is 16.4. The number of hydrogen-bond acceptors (Lipinski definition) is 5. The Morgan fingerprint density at radius 2 is 1.93 bits per heavy atom. The van der Waals surface area contributed by atoms with Crippen molar-refractivity contribution in [3.63, 3.8) is 0 Å². The van der Waals surface area contributed by atoms with Crippen molar-refractivity contribution in [1.82, 2.24) is 5.06 Å². The van der Waals surface area contributed by atoms with E-state index in [9.17, 15) is 4.79 Å². The lowest BCUT2D eigenvalue weighted by atomic mass is 9.99. The largest absolute Gasteiger partial charge is 0.465 e. The van der Waals surface area contributed by atoms with E-state index in [1.54, 1.807) is 0 Å². The molecule has 146 valence electrons. The highest BCUT2D eigenvalue weighted by molar-refractivity contribution is 5.70.